The fraction of sp³-hybridized carbons (Fsp3) is 0.900. The van der Waals surface area contributed by atoms with Crippen molar-refractivity contribution in [3.05, 3.63) is 0 Å². The van der Waals surface area contributed by atoms with Crippen LogP contribution in [0.5, 0.6) is 0 Å². The number of piperidine rings is 1. The van der Waals surface area contributed by atoms with E-state index in [0.29, 0.717) is 12.0 Å². The van der Waals surface area contributed by atoms with Gasteiger partial charge in [-0.1, -0.05) is 0 Å². The van der Waals surface area contributed by atoms with E-state index in [1.165, 1.54) is 19.4 Å². The van der Waals surface area contributed by atoms with Crippen molar-refractivity contribution in [2.24, 2.45) is 10.9 Å². The topological polar surface area (TPSA) is 69.2 Å². The van der Waals surface area contributed by atoms with E-state index in [1.54, 1.807) is 0 Å². The van der Waals surface area contributed by atoms with Crippen molar-refractivity contribution in [3.8, 4) is 0 Å². The number of guanidine groups is 1. The number of aliphatic imine (C=N–C) groups is 1. The van der Waals surface area contributed by atoms with Crippen molar-refractivity contribution in [1.29, 1.82) is 0 Å². The van der Waals surface area contributed by atoms with Crippen molar-refractivity contribution in [3.63, 3.8) is 0 Å². The molecule has 0 aromatic carbocycles. The molecule has 1 amide bonds. The molecule has 0 saturated carbocycles. The van der Waals surface area contributed by atoms with Crippen LogP contribution in [0.2, 0.25) is 0 Å². The summed E-state index contributed by atoms with van der Waals surface area (Å²) in [7, 11) is 1.83. The number of rotatable bonds is 4. The zero-order valence-electron chi connectivity index (χ0n) is 18.5. The first-order chi connectivity index (χ1) is 12.7. The Hall–Kier alpha value is -0.770. The molecule has 2 fully saturated rings. The monoisotopic (exact) mass is 509 g/mol. The van der Waals surface area contributed by atoms with Crippen LogP contribution < -0.4 is 10.6 Å². The Kier molecular flexibility index (Phi) is 10.3. The van der Waals surface area contributed by atoms with E-state index < -0.39 is 5.60 Å². The van der Waals surface area contributed by atoms with Crippen LogP contribution in [0, 0.1) is 5.92 Å². The Morgan fingerprint density at radius 2 is 1.93 bits per heavy atom. The Balaban J connectivity index is 0.00000392. The highest BCUT2D eigenvalue weighted by Gasteiger charge is 2.28. The van der Waals surface area contributed by atoms with Crippen LogP contribution in [-0.4, -0.2) is 79.3 Å². The molecule has 0 bridgehead atoms. The second-order valence-corrected chi connectivity index (χ2v) is 9.10. The molecule has 2 heterocycles. The van der Waals surface area contributed by atoms with Crippen LogP contribution in [-0.2, 0) is 4.74 Å². The zero-order valence-corrected chi connectivity index (χ0v) is 20.8. The van der Waals surface area contributed by atoms with Gasteiger partial charge in [0.05, 0.1) is 6.04 Å². The first kappa shape index (κ1) is 25.3. The summed E-state index contributed by atoms with van der Waals surface area (Å²) in [5, 5.41) is 6.53. The highest BCUT2D eigenvalue weighted by Crippen LogP contribution is 2.18. The minimum absolute atomic E-state index is 0. The fourth-order valence-electron chi connectivity index (χ4n) is 3.85. The van der Waals surface area contributed by atoms with Crippen molar-refractivity contribution >= 4 is 36.0 Å². The summed E-state index contributed by atoms with van der Waals surface area (Å²) in [6, 6.07) is 0.717. The third-order valence-corrected chi connectivity index (χ3v) is 5.25. The summed E-state index contributed by atoms with van der Waals surface area (Å²) in [5.41, 5.74) is -0.468. The molecule has 0 aliphatic carbocycles. The molecular formula is C20H40IN5O2. The minimum Gasteiger partial charge on any atom is -0.444 e. The summed E-state index contributed by atoms with van der Waals surface area (Å²) in [5.74, 6) is 1.60. The number of ether oxygens (including phenoxy) is 1. The molecule has 2 aliphatic rings. The van der Waals surface area contributed by atoms with Gasteiger partial charge in [0.15, 0.2) is 5.96 Å². The van der Waals surface area contributed by atoms with Gasteiger partial charge in [0.1, 0.15) is 5.60 Å². The average molecular weight is 509 g/mol. The third-order valence-electron chi connectivity index (χ3n) is 5.25. The van der Waals surface area contributed by atoms with Crippen molar-refractivity contribution in [2.45, 2.75) is 71.6 Å². The lowest BCUT2D eigenvalue weighted by atomic mass is 9.97. The third kappa shape index (κ3) is 8.31. The van der Waals surface area contributed by atoms with Gasteiger partial charge in [-0.05, 0) is 66.3 Å². The van der Waals surface area contributed by atoms with Crippen LogP contribution in [0.1, 0.15) is 53.9 Å². The van der Waals surface area contributed by atoms with Crippen LogP contribution in [0.15, 0.2) is 4.99 Å². The van der Waals surface area contributed by atoms with E-state index in [4.69, 9.17) is 4.74 Å². The van der Waals surface area contributed by atoms with E-state index in [1.807, 2.05) is 27.8 Å². The molecule has 7 nitrogen and oxygen atoms in total. The Bertz CT molecular complexity index is 521. The van der Waals surface area contributed by atoms with Gasteiger partial charge in [0, 0.05) is 39.3 Å². The maximum Gasteiger partial charge on any atom is 0.407 e. The second-order valence-electron chi connectivity index (χ2n) is 9.10. The molecule has 2 N–H and O–H groups in total. The summed E-state index contributed by atoms with van der Waals surface area (Å²) < 4.78 is 5.36. The number of halogens is 1. The van der Waals surface area contributed by atoms with E-state index in [9.17, 15) is 4.79 Å². The van der Waals surface area contributed by atoms with Gasteiger partial charge in [-0.15, -0.1) is 24.0 Å². The smallest absolute Gasteiger partial charge is 0.407 e. The summed E-state index contributed by atoms with van der Waals surface area (Å²) in [6.07, 6.45) is 3.11. The first-order valence-electron chi connectivity index (χ1n) is 10.4. The number of carbonyl (C=O) groups is 1. The van der Waals surface area contributed by atoms with E-state index >= 15 is 0 Å². The molecule has 28 heavy (non-hydrogen) atoms. The predicted molar refractivity (Wildman–Crippen MR) is 126 cm³/mol. The second kappa shape index (κ2) is 11.4. The molecule has 2 saturated heterocycles. The van der Waals surface area contributed by atoms with Gasteiger partial charge >= 0.3 is 6.09 Å². The quantitative estimate of drug-likeness (QED) is 0.347. The van der Waals surface area contributed by atoms with Gasteiger partial charge in [-0.3, -0.25) is 4.99 Å². The molecule has 2 unspecified atom stereocenters. The fourth-order valence-corrected chi connectivity index (χ4v) is 3.85. The Labute approximate surface area is 188 Å². The zero-order chi connectivity index (χ0) is 20.0. The number of nitrogens with one attached hydrogen (secondary N) is 2. The molecule has 8 heteroatoms. The lowest BCUT2D eigenvalue weighted by Crippen LogP contribution is -2.47. The molecular weight excluding hydrogens is 469 g/mol. The van der Waals surface area contributed by atoms with Crippen molar-refractivity contribution in [2.75, 3.05) is 39.8 Å². The van der Waals surface area contributed by atoms with E-state index in [2.05, 4.69) is 39.3 Å². The number of alkyl carbamates (subject to hydrolysis) is 1. The number of hydrogen-bond donors (Lipinski definition) is 2. The van der Waals surface area contributed by atoms with Gasteiger partial charge in [0.2, 0.25) is 0 Å². The van der Waals surface area contributed by atoms with Crippen LogP contribution in [0.25, 0.3) is 0 Å². The number of amides is 1. The van der Waals surface area contributed by atoms with Crippen LogP contribution in [0.3, 0.4) is 0 Å². The SMILES string of the molecule is CN=C(NCC1CCCN(C(C)C)C1)N1CCC(NC(=O)OC(C)(C)C)C1.I. The molecule has 2 rings (SSSR count). The number of hydrogen-bond acceptors (Lipinski definition) is 4. The van der Waals surface area contributed by atoms with Crippen molar-refractivity contribution < 1.29 is 9.53 Å². The van der Waals surface area contributed by atoms with Gasteiger partial charge < -0.3 is 25.2 Å². The minimum atomic E-state index is -0.468. The molecule has 2 aliphatic heterocycles. The highest BCUT2D eigenvalue weighted by molar-refractivity contribution is 14.0. The van der Waals surface area contributed by atoms with Gasteiger partial charge in [-0.2, -0.15) is 0 Å². The number of likely N-dealkylation sites (tertiary alicyclic amines) is 2. The molecule has 0 aromatic heterocycles. The van der Waals surface area contributed by atoms with E-state index in [-0.39, 0.29) is 36.1 Å². The highest BCUT2D eigenvalue weighted by atomic mass is 127. The van der Waals surface area contributed by atoms with Crippen LogP contribution >= 0.6 is 24.0 Å². The average Bonchev–Trinajstić information content (AvgIpc) is 3.02. The first-order valence-corrected chi connectivity index (χ1v) is 10.4. The number of carbonyl (C=O) groups excluding carboxylic acids is 1. The predicted octanol–water partition coefficient (Wildman–Crippen LogP) is 2.90. The molecule has 2 atom stereocenters. The lowest BCUT2D eigenvalue weighted by molar-refractivity contribution is 0.0507. The molecule has 0 radical (unpaired) electrons. The normalized spacial score (nSPS) is 24.1. The van der Waals surface area contributed by atoms with Crippen molar-refractivity contribution in [1.82, 2.24) is 20.4 Å². The molecule has 0 aromatic rings. The Morgan fingerprint density at radius 3 is 2.54 bits per heavy atom. The lowest BCUT2D eigenvalue weighted by Gasteiger charge is -2.36. The maximum absolute atomic E-state index is 12.0. The van der Waals surface area contributed by atoms with Crippen LogP contribution in [0.4, 0.5) is 4.79 Å². The summed E-state index contributed by atoms with van der Waals surface area (Å²) >= 11 is 0. The molecule has 164 valence electrons. The van der Waals surface area contributed by atoms with Gasteiger partial charge in [-0.25, -0.2) is 4.79 Å². The largest absolute Gasteiger partial charge is 0.444 e. The Morgan fingerprint density at radius 1 is 1.21 bits per heavy atom. The standard InChI is InChI=1S/C20H39N5O2.HI/c1-15(2)24-10-7-8-16(13-24)12-22-18(21-6)25-11-9-17(14-25)23-19(26)27-20(3,4)5;/h15-17H,7-14H2,1-6H3,(H,21,22)(H,23,26);1H. The number of nitrogens with zero attached hydrogens (tertiary/aromatic N) is 3. The maximum atomic E-state index is 12.0. The summed E-state index contributed by atoms with van der Waals surface area (Å²) in [6.45, 7) is 15.2. The van der Waals surface area contributed by atoms with Gasteiger partial charge in [0.25, 0.3) is 0 Å². The molecule has 0 spiro atoms. The van der Waals surface area contributed by atoms with E-state index in [0.717, 1.165) is 38.6 Å². The summed E-state index contributed by atoms with van der Waals surface area (Å²) in [4.78, 5) is 21.2.